The Morgan fingerprint density at radius 2 is 2.13 bits per heavy atom. The van der Waals surface area contributed by atoms with E-state index in [2.05, 4.69) is 6.07 Å². The second kappa shape index (κ2) is 3.87. The molecule has 0 saturated heterocycles. The molecule has 0 amide bonds. The number of hydrogen-bond donors (Lipinski definition) is 1. The smallest absolute Gasteiger partial charge is 0.336 e. The third kappa shape index (κ3) is 2.07. The fraction of sp³-hybridized carbons (Fsp3) is 0.0833. The van der Waals surface area contributed by atoms with Gasteiger partial charge in [-0.25, -0.2) is 4.79 Å². The molecule has 0 bridgehead atoms. The van der Waals surface area contributed by atoms with Crippen LogP contribution in [-0.2, 0) is 0 Å². The Morgan fingerprint density at radius 3 is 2.73 bits per heavy atom. The first-order valence-corrected chi connectivity index (χ1v) is 5.43. The number of benzene rings is 1. The van der Waals surface area contributed by atoms with E-state index < -0.39 is 5.97 Å². The van der Waals surface area contributed by atoms with Crippen molar-refractivity contribution in [3.8, 4) is 10.4 Å². The number of aryl methyl sites for hydroxylation is 1. The summed E-state index contributed by atoms with van der Waals surface area (Å²) in [5.74, 6) is -0.870. The van der Waals surface area contributed by atoms with Crippen LogP contribution in [0.25, 0.3) is 10.4 Å². The van der Waals surface area contributed by atoms with E-state index in [4.69, 9.17) is 5.11 Å². The van der Waals surface area contributed by atoms with Crippen LogP contribution < -0.4 is 0 Å². The molecule has 1 aromatic heterocycles. The molecule has 0 fully saturated rings. The van der Waals surface area contributed by atoms with Gasteiger partial charge < -0.3 is 5.11 Å². The van der Waals surface area contributed by atoms with Gasteiger partial charge >= 0.3 is 5.97 Å². The summed E-state index contributed by atoms with van der Waals surface area (Å²) >= 11 is 1.46. The van der Waals surface area contributed by atoms with Crippen molar-refractivity contribution < 1.29 is 9.90 Å². The number of thiophene rings is 1. The highest BCUT2D eigenvalue weighted by Crippen LogP contribution is 2.27. The molecule has 0 aliphatic rings. The molecule has 0 aliphatic carbocycles. The van der Waals surface area contributed by atoms with Crippen LogP contribution in [0.2, 0.25) is 0 Å². The number of aromatic carboxylic acids is 1. The maximum atomic E-state index is 10.7. The monoisotopic (exact) mass is 218 g/mol. The Balaban J connectivity index is 2.41. The van der Waals surface area contributed by atoms with Crippen molar-refractivity contribution in [2.24, 2.45) is 0 Å². The molecular weight excluding hydrogens is 208 g/mol. The fourth-order valence-corrected chi connectivity index (χ4v) is 2.28. The van der Waals surface area contributed by atoms with Gasteiger partial charge in [0.25, 0.3) is 0 Å². The maximum absolute atomic E-state index is 10.7. The fourth-order valence-electron chi connectivity index (χ4n) is 1.40. The van der Waals surface area contributed by atoms with Crippen molar-refractivity contribution in [3.63, 3.8) is 0 Å². The molecule has 1 aromatic carbocycles. The lowest BCUT2D eigenvalue weighted by atomic mass is 10.1. The summed E-state index contributed by atoms with van der Waals surface area (Å²) in [5.41, 5.74) is 2.61. The van der Waals surface area contributed by atoms with Crippen LogP contribution in [0.15, 0.2) is 35.7 Å². The molecule has 0 spiro atoms. The van der Waals surface area contributed by atoms with Gasteiger partial charge in [-0.3, -0.25) is 0 Å². The zero-order chi connectivity index (χ0) is 10.8. The molecule has 2 aromatic rings. The Kier molecular flexibility index (Phi) is 2.56. The van der Waals surface area contributed by atoms with Crippen LogP contribution in [0.5, 0.6) is 0 Å². The third-order valence-electron chi connectivity index (χ3n) is 2.15. The maximum Gasteiger partial charge on any atom is 0.336 e. The van der Waals surface area contributed by atoms with E-state index in [1.165, 1.54) is 16.9 Å². The van der Waals surface area contributed by atoms with Crippen molar-refractivity contribution in [2.75, 3.05) is 0 Å². The van der Waals surface area contributed by atoms with Crippen LogP contribution >= 0.6 is 11.3 Å². The molecule has 0 aliphatic heterocycles. The lowest BCUT2D eigenvalue weighted by Crippen LogP contribution is -1.91. The summed E-state index contributed by atoms with van der Waals surface area (Å²) in [4.78, 5) is 11.7. The topological polar surface area (TPSA) is 37.3 Å². The zero-order valence-electron chi connectivity index (χ0n) is 8.23. The average molecular weight is 218 g/mol. The van der Waals surface area contributed by atoms with Gasteiger partial charge in [0.1, 0.15) is 0 Å². The van der Waals surface area contributed by atoms with Gasteiger partial charge in [0, 0.05) is 10.3 Å². The first-order valence-electron chi connectivity index (χ1n) is 4.55. The van der Waals surface area contributed by atoms with Gasteiger partial charge in [0.2, 0.25) is 0 Å². The summed E-state index contributed by atoms with van der Waals surface area (Å²) < 4.78 is 0. The lowest BCUT2D eigenvalue weighted by Gasteiger charge is -1.97. The van der Waals surface area contributed by atoms with E-state index in [0.717, 1.165) is 10.4 Å². The molecule has 1 heterocycles. The van der Waals surface area contributed by atoms with Gasteiger partial charge in [-0.1, -0.05) is 29.8 Å². The minimum absolute atomic E-state index is 0.358. The zero-order valence-corrected chi connectivity index (χ0v) is 9.04. The molecule has 0 atom stereocenters. The summed E-state index contributed by atoms with van der Waals surface area (Å²) in [6.45, 7) is 2.02. The van der Waals surface area contributed by atoms with Gasteiger partial charge in [-0.2, -0.15) is 0 Å². The number of hydrogen-bond acceptors (Lipinski definition) is 2. The molecule has 1 N–H and O–H groups in total. The molecule has 0 radical (unpaired) electrons. The molecule has 0 saturated carbocycles. The normalized spacial score (nSPS) is 10.2. The van der Waals surface area contributed by atoms with Gasteiger partial charge in [-0.05, 0) is 18.6 Å². The summed E-state index contributed by atoms with van der Waals surface area (Å²) in [7, 11) is 0. The second-order valence-electron chi connectivity index (χ2n) is 3.37. The molecule has 15 heavy (non-hydrogen) atoms. The molecule has 76 valence electrons. The predicted octanol–water partition coefficient (Wildman–Crippen LogP) is 3.42. The number of carbonyl (C=O) groups is 1. The van der Waals surface area contributed by atoms with Crippen molar-refractivity contribution in [1.82, 2.24) is 0 Å². The molecule has 2 rings (SSSR count). The van der Waals surface area contributed by atoms with Gasteiger partial charge in [-0.15, -0.1) is 11.3 Å². The van der Waals surface area contributed by atoms with Crippen molar-refractivity contribution >= 4 is 17.3 Å². The molecular formula is C12H10O2S. The largest absolute Gasteiger partial charge is 0.478 e. The van der Waals surface area contributed by atoms with Crippen LogP contribution in [-0.4, -0.2) is 11.1 Å². The average Bonchev–Trinajstić information content (AvgIpc) is 2.66. The van der Waals surface area contributed by atoms with E-state index in [1.54, 1.807) is 11.4 Å². The van der Waals surface area contributed by atoms with Crippen LogP contribution in [0.4, 0.5) is 0 Å². The Morgan fingerprint density at radius 1 is 1.33 bits per heavy atom. The Labute approximate surface area is 91.8 Å². The summed E-state index contributed by atoms with van der Waals surface area (Å²) in [6.07, 6.45) is 0. The van der Waals surface area contributed by atoms with E-state index in [0.29, 0.717) is 5.56 Å². The van der Waals surface area contributed by atoms with Crippen LogP contribution in [0, 0.1) is 6.92 Å². The van der Waals surface area contributed by atoms with Gasteiger partial charge in [0.05, 0.1) is 5.56 Å². The van der Waals surface area contributed by atoms with E-state index in [9.17, 15) is 4.79 Å². The predicted molar refractivity (Wildman–Crippen MR) is 61.5 cm³/mol. The summed E-state index contributed by atoms with van der Waals surface area (Å²) in [6, 6.07) is 9.75. The van der Waals surface area contributed by atoms with Gasteiger partial charge in [0.15, 0.2) is 0 Å². The first-order chi connectivity index (χ1) is 7.16. The molecule has 2 nitrogen and oxygen atoms in total. The van der Waals surface area contributed by atoms with Crippen LogP contribution in [0.1, 0.15) is 15.9 Å². The SMILES string of the molecule is Cc1cccc(-c2cc(C(=O)O)cs2)c1. The number of rotatable bonds is 2. The highest BCUT2D eigenvalue weighted by molar-refractivity contribution is 7.13. The second-order valence-corrected chi connectivity index (χ2v) is 4.29. The molecule has 0 unspecified atom stereocenters. The quantitative estimate of drug-likeness (QED) is 0.838. The van der Waals surface area contributed by atoms with E-state index >= 15 is 0 Å². The summed E-state index contributed by atoms with van der Waals surface area (Å²) in [5, 5.41) is 10.5. The third-order valence-corrected chi connectivity index (χ3v) is 3.13. The standard InChI is InChI=1S/C12H10O2S/c1-8-3-2-4-9(5-8)11-6-10(7-15-11)12(13)14/h2-7H,1H3,(H,13,14). The lowest BCUT2D eigenvalue weighted by molar-refractivity contribution is 0.0697. The van der Waals surface area contributed by atoms with Crippen LogP contribution in [0.3, 0.4) is 0 Å². The van der Waals surface area contributed by atoms with Crippen molar-refractivity contribution in [1.29, 1.82) is 0 Å². The highest BCUT2D eigenvalue weighted by atomic mass is 32.1. The minimum Gasteiger partial charge on any atom is -0.478 e. The minimum atomic E-state index is -0.870. The Bertz CT molecular complexity index is 500. The van der Waals surface area contributed by atoms with E-state index in [1.807, 2.05) is 25.1 Å². The highest BCUT2D eigenvalue weighted by Gasteiger charge is 2.07. The van der Waals surface area contributed by atoms with Crippen molar-refractivity contribution in [3.05, 3.63) is 46.8 Å². The Hall–Kier alpha value is -1.61. The number of carboxylic acid groups (broad SMARTS) is 1. The van der Waals surface area contributed by atoms with E-state index in [-0.39, 0.29) is 0 Å². The first kappa shape index (κ1) is 9.93. The van der Waals surface area contributed by atoms with Crippen molar-refractivity contribution in [2.45, 2.75) is 6.92 Å². The number of carboxylic acids is 1. The molecule has 3 heteroatoms.